The highest BCUT2D eigenvalue weighted by Gasteiger charge is 2.33. The smallest absolute Gasteiger partial charge is 0.244 e. The molecule has 0 saturated carbocycles. The zero-order chi connectivity index (χ0) is 25.5. The summed E-state index contributed by atoms with van der Waals surface area (Å²) in [5.41, 5.74) is 0.359. The van der Waals surface area contributed by atoms with Crippen molar-refractivity contribution < 1.29 is 22.4 Å². The van der Waals surface area contributed by atoms with Crippen LogP contribution in [0, 0.1) is 5.82 Å². The first-order valence-electron chi connectivity index (χ1n) is 11.0. The molecule has 0 unspecified atom stereocenters. The Morgan fingerprint density at radius 1 is 1.06 bits per heavy atom. The number of benzene rings is 2. The van der Waals surface area contributed by atoms with E-state index in [9.17, 15) is 22.4 Å². The molecule has 0 bridgehead atoms. The van der Waals surface area contributed by atoms with E-state index >= 15 is 0 Å². The first-order valence-corrected chi connectivity index (χ1v) is 13.3. The van der Waals surface area contributed by atoms with E-state index in [0.29, 0.717) is 21.3 Å². The molecule has 0 aliphatic rings. The second kappa shape index (κ2) is 12.2. The molecule has 34 heavy (non-hydrogen) atoms. The van der Waals surface area contributed by atoms with Gasteiger partial charge in [0.25, 0.3) is 0 Å². The zero-order valence-electron chi connectivity index (χ0n) is 19.8. The van der Waals surface area contributed by atoms with Crippen molar-refractivity contribution in [3.8, 4) is 0 Å². The number of para-hydroxylation sites is 1. The first-order chi connectivity index (χ1) is 16.0. The van der Waals surface area contributed by atoms with Gasteiger partial charge in [-0.15, -0.1) is 0 Å². The van der Waals surface area contributed by atoms with Gasteiger partial charge >= 0.3 is 0 Å². The van der Waals surface area contributed by atoms with Crippen LogP contribution in [0.25, 0.3) is 0 Å². The third-order valence-corrected chi connectivity index (χ3v) is 6.98. The number of nitrogens with zero attached hydrogens (tertiary/aromatic N) is 2. The number of sulfonamides is 1. The van der Waals surface area contributed by atoms with E-state index in [1.54, 1.807) is 31.2 Å². The summed E-state index contributed by atoms with van der Waals surface area (Å²) >= 11 is 6.31. The Balaban J connectivity index is 2.47. The molecule has 7 nitrogen and oxygen atoms in total. The lowest BCUT2D eigenvalue weighted by Crippen LogP contribution is -2.53. The lowest BCUT2D eigenvalue weighted by Gasteiger charge is -2.33. The van der Waals surface area contributed by atoms with Gasteiger partial charge in [0.2, 0.25) is 21.8 Å². The number of carbonyl (C=O) groups excluding carboxylic acids is 2. The molecule has 0 aliphatic carbocycles. The summed E-state index contributed by atoms with van der Waals surface area (Å²) in [6, 6.07) is 11.2. The molecule has 2 amide bonds. The Hall–Kier alpha value is -2.65. The fraction of sp³-hybridized carbons (Fsp3) is 0.417. The first kappa shape index (κ1) is 27.6. The molecule has 2 aromatic rings. The predicted molar refractivity (Wildman–Crippen MR) is 133 cm³/mol. The number of hydrogen-bond acceptors (Lipinski definition) is 4. The Kier molecular flexibility index (Phi) is 9.88. The Morgan fingerprint density at radius 2 is 1.68 bits per heavy atom. The molecule has 0 saturated heterocycles. The minimum atomic E-state index is -4.01. The number of hydrogen-bond donors (Lipinski definition) is 1. The van der Waals surface area contributed by atoms with Crippen LogP contribution in [0.15, 0.2) is 48.5 Å². The fourth-order valence-electron chi connectivity index (χ4n) is 3.42. The summed E-state index contributed by atoms with van der Waals surface area (Å²) in [5, 5.41) is 3.29. The van der Waals surface area contributed by atoms with Crippen LogP contribution in [0.1, 0.15) is 39.2 Å². The molecule has 186 valence electrons. The number of amides is 2. The van der Waals surface area contributed by atoms with Gasteiger partial charge in [0.15, 0.2) is 0 Å². The van der Waals surface area contributed by atoms with Gasteiger partial charge in [-0.1, -0.05) is 55.8 Å². The Morgan fingerprint density at radius 3 is 2.24 bits per heavy atom. The van der Waals surface area contributed by atoms with E-state index in [4.69, 9.17) is 11.6 Å². The van der Waals surface area contributed by atoms with E-state index in [1.807, 2.05) is 13.8 Å². The van der Waals surface area contributed by atoms with E-state index < -0.39 is 34.3 Å². The second-order valence-electron chi connectivity index (χ2n) is 8.08. The molecular formula is C24H31ClFN3O4S. The minimum absolute atomic E-state index is 0.0141. The van der Waals surface area contributed by atoms with Gasteiger partial charge in [0, 0.05) is 17.6 Å². The lowest BCUT2D eigenvalue weighted by molar-refractivity contribution is -0.140. The fourth-order valence-corrected chi connectivity index (χ4v) is 4.47. The number of anilines is 1. The molecule has 0 heterocycles. The van der Waals surface area contributed by atoms with Crippen molar-refractivity contribution in [3.63, 3.8) is 0 Å². The maximum absolute atomic E-state index is 14.4. The van der Waals surface area contributed by atoms with Gasteiger partial charge in [-0.2, -0.15) is 0 Å². The van der Waals surface area contributed by atoms with Crippen LogP contribution in [0.4, 0.5) is 10.1 Å². The van der Waals surface area contributed by atoms with Gasteiger partial charge in [0.05, 0.1) is 11.9 Å². The van der Waals surface area contributed by atoms with E-state index in [2.05, 4.69) is 5.32 Å². The average Bonchev–Trinajstić information content (AvgIpc) is 2.78. The number of carbonyl (C=O) groups is 2. The standard InChI is InChI=1S/C24H31ClFN3O4S/c1-5-17(3)27-24(31)21(6-2)28(15-18-11-7-8-12-19(18)25)23(30)16-29(34(4,32)33)22-14-10-9-13-20(22)26/h7-14,17,21H,5-6,15-16H2,1-4H3,(H,27,31)/t17-,21+/m1/s1. The summed E-state index contributed by atoms with van der Waals surface area (Å²) in [5.74, 6) is -1.78. The second-order valence-corrected chi connectivity index (χ2v) is 10.4. The summed E-state index contributed by atoms with van der Waals surface area (Å²) in [7, 11) is -4.01. The molecule has 2 rings (SSSR count). The normalized spacial score (nSPS) is 13.1. The van der Waals surface area contributed by atoms with Gasteiger partial charge in [-0.3, -0.25) is 13.9 Å². The Bertz CT molecular complexity index is 1110. The topological polar surface area (TPSA) is 86.8 Å². The van der Waals surface area contributed by atoms with Crippen molar-refractivity contribution in [2.24, 2.45) is 0 Å². The van der Waals surface area contributed by atoms with Crippen molar-refractivity contribution in [2.45, 2.75) is 52.2 Å². The van der Waals surface area contributed by atoms with Crippen LogP contribution in [0.5, 0.6) is 0 Å². The summed E-state index contributed by atoms with van der Waals surface area (Å²) in [6.45, 7) is 4.86. The monoisotopic (exact) mass is 511 g/mol. The minimum Gasteiger partial charge on any atom is -0.352 e. The SMILES string of the molecule is CC[C@@H](C)NC(=O)[C@H](CC)N(Cc1ccccc1Cl)C(=O)CN(c1ccccc1F)S(C)(=O)=O. The van der Waals surface area contributed by atoms with Crippen LogP contribution in [-0.4, -0.2) is 50.0 Å². The van der Waals surface area contributed by atoms with Gasteiger partial charge in [-0.05, 0) is 43.5 Å². The van der Waals surface area contributed by atoms with Crippen LogP contribution < -0.4 is 9.62 Å². The summed E-state index contributed by atoms with van der Waals surface area (Å²) in [6.07, 6.45) is 1.89. The van der Waals surface area contributed by atoms with Crippen LogP contribution >= 0.6 is 11.6 Å². The van der Waals surface area contributed by atoms with Crippen molar-refractivity contribution in [1.29, 1.82) is 0 Å². The molecule has 0 radical (unpaired) electrons. The number of halogens is 2. The van der Waals surface area contributed by atoms with Gasteiger partial charge in [-0.25, -0.2) is 12.8 Å². The van der Waals surface area contributed by atoms with E-state index in [-0.39, 0.29) is 30.6 Å². The molecule has 1 N–H and O–H groups in total. The predicted octanol–water partition coefficient (Wildman–Crippen LogP) is 3.97. The highest BCUT2D eigenvalue weighted by molar-refractivity contribution is 7.92. The zero-order valence-corrected chi connectivity index (χ0v) is 21.4. The molecule has 0 aromatic heterocycles. The third-order valence-electron chi connectivity index (χ3n) is 5.49. The van der Waals surface area contributed by atoms with E-state index in [1.165, 1.54) is 23.1 Å². The van der Waals surface area contributed by atoms with Crippen LogP contribution in [0.2, 0.25) is 5.02 Å². The maximum Gasteiger partial charge on any atom is 0.244 e. The summed E-state index contributed by atoms with van der Waals surface area (Å²) < 4.78 is 40.2. The maximum atomic E-state index is 14.4. The van der Waals surface area contributed by atoms with Crippen LogP contribution in [0.3, 0.4) is 0 Å². The van der Waals surface area contributed by atoms with Crippen molar-refractivity contribution >= 4 is 39.1 Å². The molecule has 0 fully saturated rings. The largest absolute Gasteiger partial charge is 0.352 e. The molecule has 0 aliphatic heterocycles. The number of rotatable bonds is 11. The summed E-state index contributed by atoms with van der Waals surface area (Å²) in [4.78, 5) is 27.9. The van der Waals surface area contributed by atoms with Crippen LogP contribution in [-0.2, 0) is 26.2 Å². The molecule has 2 aromatic carbocycles. The highest BCUT2D eigenvalue weighted by atomic mass is 35.5. The average molecular weight is 512 g/mol. The Labute approximate surface area is 205 Å². The number of nitrogens with one attached hydrogen (secondary N) is 1. The van der Waals surface area contributed by atoms with Crippen molar-refractivity contribution in [3.05, 3.63) is 64.9 Å². The molecular weight excluding hydrogens is 481 g/mol. The van der Waals surface area contributed by atoms with Gasteiger partial charge in [0.1, 0.15) is 18.4 Å². The highest BCUT2D eigenvalue weighted by Crippen LogP contribution is 2.24. The molecule has 2 atom stereocenters. The molecule has 0 spiro atoms. The quantitative estimate of drug-likeness (QED) is 0.494. The lowest BCUT2D eigenvalue weighted by atomic mass is 10.1. The van der Waals surface area contributed by atoms with E-state index in [0.717, 1.165) is 12.3 Å². The van der Waals surface area contributed by atoms with Crippen molar-refractivity contribution in [2.75, 3.05) is 17.1 Å². The molecule has 10 heteroatoms. The van der Waals surface area contributed by atoms with Crippen molar-refractivity contribution in [1.82, 2.24) is 10.2 Å². The van der Waals surface area contributed by atoms with Gasteiger partial charge < -0.3 is 10.2 Å². The third kappa shape index (κ3) is 7.17.